The third-order valence-corrected chi connectivity index (χ3v) is 10.9. The quantitative estimate of drug-likeness (QED) is 0.0262. The van der Waals surface area contributed by atoms with Crippen molar-refractivity contribution >= 4 is 17.9 Å². The van der Waals surface area contributed by atoms with Crippen LogP contribution in [0.3, 0.4) is 0 Å². The average molecular weight is 877 g/mol. The molecule has 0 bridgehead atoms. The number of unbranched alkanes of at least 4 members (excludes halogenated alkanes) is 21. The van der Waals surface area contributed by atoms with E-state index in [1.807, 2.05) is 0 Å². The van der Waals surface area contributed by atoms with E-state index in [4.69, 9.17) is 14.2 Å². The Morgan fingerprint density at radius 3 is 1.00 bits per heavy atom. The van der Waals surface area contributed by atoms with Gasteiger partial charge in [-0.2, -0.15) is 0 Å². The fraction of sp³-hybridized carbons (Fsp3) is 0.702. The van der Waals surface area contributed by atoms with E-state index in [0.29, 0.717) is 19.3 Å². The number of carbonyl (C=O) groups is 3. The molecule has 0 N–H and O–H groups in total. The van der Waals surface area contributed by atoms with Crippen LogP contribution in [0.5, 0.6) is 0 Å². The van der Waals surface area contributed by atoms with E-state index in [1.165, 1.54) is 96.3 Å². The van der Waals surface area contributed by atoms with E-state index >= 15 is 0 Å². The van der Waals surface area contributed by atoms with Gasteiger partial charge >= 0.3 is 17.9 Å². The second-order valence-electron chi connectivity index (χ2n) is 17.0. The molecular weight excluding hydrogens is 781 g/mol. The smallest absolute Gasteiger partial charge is 0.306 e. The predicted molar refractivity (Wildman–Crippen MR) is 270 cm³/mol. The summed E-state index contributed by atoms with van der Waals surface area (Å²) in [5.74, 6) is -0.945. The molecule has 0 aromatic carbocycles. The predicted octanol–water partition coefficient (Wildman–Crippen LogP) is 17.2. The molecule has 0 fully saturated rings. The molecule has 0 saturated carbocycles. The van der Waals surface area contributed by atoms with Crippen molar-refractivity contribution in [3.8, 4) is 0 Å². The Kier molecular flexibility index (Phi) is 48.5. The second-order valence-corrected chi connectivity index (χ2v) is 17.0. The van der Waals surface area contributed by atoms with Gasteiger partial charge in [0.15, 0.2) is 6.10 Å². The summed E-state index contributed by atoms with van der Waals surface area (Å²) >= 11 is 0. The molecule has 0 radical (unpaired) electrons. The number of ether oxygens (including phenoxy) is 3. The van der Waals surface area contributed by atoms with Crippen LogP contribution in [0.1, 0.15) is 239 Å². The molecular formula is C57H96O6. The summed E-state index contributed by atoms with van der Waals surface area (Å²) in [7, 11) is 0. The zero-order valence-electron chi connectivity index (χ0n) is 41.1. The van der Waals surface area contributed by atoms with E-state index in [9.17, 15) is 14.4 Å². The zero-order valence-corrected chi connectivity index (χ0v) is 41.1. The summed E-state index contributed by atoms with van der Waals surface area (Å²) in [6, 6.07) is 0. The van der Waals surface area contributed by atoms with E-state index in [0.717, 1.165) is 103 Å². The largest absolute Gasteiger partial charge is 0.462 e. The van der Waals surface area contributed by atoms with Gasteiger partial charge < -0.3 is 14.2 Å². The molecule has 0 aliphatic heterocycles. The highest BCUT2D eigenvalue weighted by atomic mass is 16.6. The molecule has 6 nitrogen and oxygen atoms in total. The maximum absolute atomic E-state index is 12.8. The Labute approximate surface area is 388 Å². The topological polar surface area (TPSA) is 78.9 Å². The molecule has 360 valence electrons. The van der Waals surface area contributed by atoms with Crippen LogP contribution in [0.25, 0.3) is 0 Å². The Bertz CT molecular complexity index is 1240. The molecule has 63 heavy (non-hydrogen) atoms. The Morgan fingerprint density at radius 2 is 0.619 bits per heavy atom. The van der Waals surface area contributed by atoms with Crippen molar-refractivity contribution in [2.75, 3.05) is 13.2 Å². The lowest BCUT2D eigenvalue weighted by atomic mass is 10.1. The van der Waals surface area contributed by atoms with Crippen LogP contribution < -0.4 is 0 Å². The first-order chi connectivity index (χ1) is 31.0. The summed E-state index contributed by atoms with van der Waals surface area (Å²) in [5, 5.41) is 0. The van der Waals surface area contributed by atoms with E-state index in [-0.39, 0.29) is 31.1 Å². The average Bonchev–Trinajstić information content (AvgIpc) is 3.28. The first-order valence-corrected chi connectivity index (χ1v) is 26.1. The zero-order chi connectivity index (χ0) is 45.8. The van der Waals surface area contributed by atoms with Crippen molar-refractivity contribution in [3.63, 3.8) is 0 Å². The van der Waals surface area contributed by atoms with Gasteiger partial charge in [-0.1, -0.05) is 196 Å². The molecule has 0 rings (SSSR count). The lowest BCUT2D eigenvalue weighted by Crippen LogP contribution is -2.30. The monoisotopic (exact) mass is 877 g/mol. The lowest BCUT2D eigenvalue weighted by Gasteiger charge is -2.18. The molecule has 1 atom stereocenters. The van der Waals surface area contributed by atoms with Gasteiger partial charge in [0.05, 0.1) is 0 Å². The fourth-order valence-corrected chi connectivity index (χ4v) is 6.99. The molecule has 0 aromatic rings. The summed E-state index contributed by atoms with van der Waals surface area (Å²) in [5.41, 5.74) is 0. The van der Waals surface area contributed by atoms with E-state index in [2.05, 4.69) is 106 Å². The second kappa shape index (κ2) is 51.2. The number of hydrogen-bond acceptors (Lipinski definition) is 6. The molecule has 0 amide bonds. The van der Waals surface area contributed by atoms with Gasteiger partial charge in [0.1, 0.15) is 13.2 Å². The third-order valence-electron chi connectivity index (χ3n) is 10.9. The first-order valence-electron chi connectivity index (χ1n) is 26.1. The van der Waals surface area contributed by atoms with Crippen molar-refractivity contribution in [2.24, 2.45) is 0 Å². The molecule has 1 unspecified atom stereocenters. The van der Waals surface area contributed by atoms with Gasteiger partial charge in [-0.15, -0.1) is 0 Å². The molecule has 6 heteroatoms. The minimum Gasteiger partial charge on any atom is -0.462 e. The van der Waals surface area contributed by atoms with Crippen LogP contribution in [0.15, 0.2) is 85.1 Å². The summed E-state index contributed by atoms with van der Waals surface area (Å²) < 4.78 is 16.7. The molecule has 0 spiro atoms. The molecule has 0 aromatic heterocycles. The van der Waals surface area contributed by atoms with Crippen molar-refractivity contribution in [1.29, 1.82) is 0 Å². The minimum atomic E-state index is -0.795. The Morgan fingerprint density at radius 1 is 0.333 bits per heavy atom. The standard InChI is InChI=1S/C57H96O6/c1-4-7-10-13-16-19-21-23-25-27-28-30-31-33-35-38-41-44-47-50-56(59)62-53-54(52-61-55(58)49-46-43-40-37-18-15-12-9-6-3)63-57(60)51-48-45-42-39-36-34-32-29-26-24-22-20-17-14-11-8-5-2/h7,9-10,12,16-20,23-26,37,54H,4-6,8,11,13-15,21-22,27-36,38-53H2,1-3H3/b10-7-,12-9-,19-16-,20-17-,25-23-,26-24-,37-18-. The maximum Gasteiger partial charge on any atom is 0.306 e. The molecule has 0 aliphatic rings. The molecule has 0 aliphatic carbocycles. The number of hydrogen-bond donors (Lipinski definition) is 0. The highest BCUT2D eigenvalue weighted by Crippen LogP contribution is 2.14. The number of esters is 3. The molecule has 0 heterocycles. The van der Waals surface area contributed by atoms with Crippen LogP contribution in [0, 0.1) is 0 Å². The number of carbonyl (C=O) groups excluding carboxylic acids is 3. The fourth-order valence-electron chi connectivity index (χ4n) is 6.99. The number of allylic oxidation sites excluding steroid dienone is 14. The first kappa shape index (κ1) is 59.6. The Balaban J connectivity index is 4.34. The van der Waals surface area contributed by atoms with Crippen LogP contribution in [-0.4, -0.2) is 37.2 Å². The van der Waals surface area contributed by atoms with Gasteiger partial charge in [-0.3, -0.25) is 14.4 Å². The lowest BCUT2D eigenvalue weighted by molar-refractivity contribution is -0.167. The van der Waals surface area contributed by atoms with Gasteiger partial charge in [0.25, 0.3) is 0 Å². The highest BCUT2D eigenvalue weighted by molar-refractivity contribution is 5.71. The maximum atomic E-state index is 12.8. The van der Waals surface area contributed by atoms with Crippen molar-refractivity contribution in [1.82, 2.24) is 0 Å². The van der Waals surface area contributed by atoms with Gasteiger partial charge in [-0.05, 0) is 109 Å². The summed E-state index contributed by atoms with van der Waals surface area (Å²) in [4.78, 5) is 37.9. The van der Waals surface area contributed by atoms with Gasteiger partial charge in [-0.25, -0.2) is 0 Å². The van der Waals surface area contributed by atoms with Gasteiger partial charge in [0, 0.05) is 19.3 Å². The van der Waals surface area contributed by atoms with Crippen LogP contribution in [0.2, 0.25) is 0 Å². The third kappa shape index (κ3) is 49.5. The normalized spacial score (nSPS) is 12.7. The van der Waals surface area contributed by atoms with Crippen molar-refractivity contribution < 1.29 is 28.6 Å². The summed E-state index contributed by atoms with van der Waals surface area (Å²) in [6.07, 6.45) is 65.8. The summed E-state index contributed by atoms with van der Waals surface area (Å²) in [6.45, 7) is 6.34. The van der Waals surface area contributed by atoms with Crippen LogP contribution >= 0.6 is 0 Å². The van der Waals surface area contributed by atoms with Crippen LogP contribution in [-0.2, 0) is 28.6 Å². The SMILES string of the molecule is CC/C=C\C/C=C\C/C=C\CCCCCCCCCCCC(=O)OCC(COC(=O)CCCC/C=C\C/C=C\CC)OC(=O)CCCCCCCCC/C=C\C/C=C\CCCCC. The minimum absolute atomic E-state index is 0.0934. The Hall–Kier alpha value is -3.41. The van der Waals surface area contributed by atoms with Gasteiger partial charge in [0.2, 0.25) is 0 Å². The van der Waals surface area contributed by atoms with E-state index < -0.39 is 6.10 Å². The van der Waals surface area contributed by atoms with Crippen LogP contribution in [0.4, 0.5) is 0 Å². The van der Waals surface area contributed by atoms with E-state index in [1.54, 1.807) is 0 Å². The molecule has 0 saturated heterocycles. The van der Waals surface area contributed by atoms with Crippen molar-refractivity contribution in [2.45, 2.75) is 245 Å². The van der Waals surface area contributed by atoms with Crippen molar-refractivity contribution in [3.05, 3.63) is 85.1 Å². The highest BCUT2D eigenvalue weighted by Gasteiger charge is 2.19. The number of rotatable bonds is 46.